The average molecular weight is 396 g/mol. The van der Waals surface area contributed by atoms with Gasteiger partial charge in [0, 0.05) is 18.1 Å². The molecule has 1 aliphatic rings. The summed E-state index contributed by atoms with van der Waals surface area (Å²) in [5.74, 6) is -1.95. The van der Waals surface area contributed by atoms with E-state index in [1.54, 1.807) is 30.3 Å². The minimum absolute atomic E-state index is 0.0203. The maximum atomic E-state index is 11.3. The fourth-order valence-electron chi connectivity index (χ4n) is 2.68. The molecule has 0 spiro atoms. The van der Waals surface area contributed by atoms with E-state index in [0.717, 1.165) is 12.1 Å². The van der Waals surface area contributed by atoms with Gasteiger partial charge in [0.2, 0.25) is 0 Å². The second-order valence-corrected chi connectivity index (χ2v) is 6.23. The molecule has 2 aromatic rings. The number of nitrogens with one attached hydrogen (secondary N) is 1. The second kappa shape index (κ2) is 8.00. The fourth-order valence-corrected chi connectivity index (χ4v) is 2.68. The molecule has 0 aromatic heterocycles. The number of hydrogen-bond acceptors (Lipinski definition) is 8. The van der Waals surface area contributed by atoms with Crippen LogP contribution in [-0.4, -0.2) is 31.6 Å². The van der Waals surface area contributed by atoms with Gasteiger partial charge in [0.1, 0.15) is 5.69 Å². The van der Waals surface area contributed by atoms with Crippen LogP contribution in [-0.2, 0) is 0 Å². The quantitative estimate of drug-likeness (QED) is 0.294. The van der Waals surface area contributed by atoms with Gasteiger partial charge in [-0.05, 0) is 17.7 Å². The number of nitro groups is 2. The highest BCUT2D eigenvalue weighted by Gasteiger charge is 2.23. The average Bonchev–Trinajstić information content (AvgIpc) is 2.69. The van der Waals surface area contributed by atoms with Crippen LogP contribution >= 0.6 is 0 Å². The van der Waals surface area contributed by atoms with Gasteiger partial charge < -0.3 is 10.2 Å². The van der Waals surface area contributed by atoms with Crippen molar-refractivity contribution in [2.45, 2.75) is 12.2 Å². The Balaban J connectivity index is 2.00. The van der Waals surface area contributed by atoms with Crippen LogP contribution in [0, 0.1) is 20.2 Å². The first-order valence-electron chi connectivity index (χ1n) is 8.43. The van der Waals surface area contributed by atoms with E-state index in [-0.39, 0.29) is 12.1 Å². The summed E-state index contributed by atoms with van der Waals surface area (Å²) >= 11 is 0. The SMILES string of the molecule is O=[N+]([O-])c1ccc(NN=C(C2=CCC(O)(O)C=C2)c2ccccc2)c([N+](=O)[O-])c1. The first-order valence-corrected chi connectivity index (χ1v) is 8.43. The number of hydrogen-bond donors (Lipinski definition) is 3. The standard InChI is InChI=1S/C19H16N4O6/c24-19(25)10-8-14(9-11-19)18(13-4-2-1-3-5-13)21-20-16-7-6-15(22(26)27)12-17(16)23(28)29/h1-10,12,20,24-25H,11H2. The molecule has 3 rings (SSSR count). The van der Waals surface area contributed by atoms with E-state index in [0.29, 0.717) is 16.8 Å². The highest BCUT2D eigenvalue weighted by Crippen LogP contribution is 2.29. The van der Waals surface area contributed by atoms with Gasteiger partial charge in [0.05, 0.1) is 21.6 Å². The van der Waals surface area contributed by atoms with Crippen molar-refractivity contribution in [1.82, 2.24) is 0 Å². The smallest absolute Gasteiger partial charge is 0.301 e. The van der Waals surface area contributed by atoms with Crippen LogP contribution in [0.4, 0.5) is 17.1 Å². The van der Waals surface area contributed by atoms with E-state index >= 15 is 0 Å². The van der Waals surface area contributed by atoms with Gasteiger partial charge in [-0.15, -0.1) is 0 Å². The van der Waals surface area contributed by atoms with E-state index in [9.17, 15) is 30.4 Å². The zero-order chi connectivity index (χ0) is 21.0. The normalized spacial score (nSPS) is 15.5. The molecule has 0 radical (unpaired) electrons. The Bertz CT molecular complexity index is 1040. The molecule has 0 aliphatic heterocycles. The minimum atomic E-state index is -1.95. The van der Waals surface area contributed by atoms with Crippen molar-refractivity contribution < 1.29 is 20.1 Å². The molecule has 0 heterocycles. The van der Waals surface area contributed by atoms with E-state index in [4.69, 9.17) is 0 Å². The number of aliphatic hydroxyl groups is 2. The lowest BCUT2D eigenvalue weighted by Crippen LogP contribution is -2.26. The Morgan fingerprint density at radius 1 is 1.07 bits per heavy atom. The summed E-state index contributed by atoms with van der Waals surface area (Å²) in [5, 5.41) is 45.8. The Morgan fingerprint density at radius 2 is 1.79 bits per heavy atom. The summed E-state index contributed by atoms with van der Waals surface area (Å²) in [6.07, 6.45) is 4.23. The third-order valence-corrected chi connectivity index (χ3v) is 4.15. The molecule has 10 heteroatoms. The Labute approximate surface area is 164 Å². The zero-order valence-corrected chi connectivity index (χ0v) is 14.9. The van der Waals surface area contributed by atoms with Gasteiger partial charge in [0.15, 0.2) is 5.79 Å². The maximum Gasteiger partial charge on any atom is 0.301 e. The highest BCUT2D eigenvalue weighted by atomic mass is 16.6. The van der Waals surface area contributed by atoms with Gasteiger partial charge in [-0.2, -0.15) is 5.10 Å². The van der Waals surface area contributed by atoms with Gasteiger partial charge in [-0.1, -0.05) is 42.5 Å². The van der Waals surface area contributed by atoms with E-state index in [2.05, 4.69) is 10.5 Å². The molecule has 1 aliphatic carbocycles. The van der Waals surface area contributed by atoms with Crippen LogP contribution in [0.3, 0.4) is 0 Å². The summed E-state index contributed by atoms with van der Waals surface area (Å²) in [7, 11) is 0. The molecular weight excluding hydrogens is 380 g/mol. The first-order chi connectivity index (χ1) is 13.8. The molecule has 0 amide bonds. The van der Waals surface area contributed by atoms with Crippen molar-refractivity contribution in [2.75, 3.05) is 5.43 Å². The topological polar surface area (TPSA) is 151 Å². The van der Waals surface area contributed by atoms with Crippen molar-refractivity contribution in [1.29, 1.82) is 0 Å². The lowest BCUT2D eigenvalue weighted by molar-refractivity contribution is -0.393. The number of allylic oxidation sites excluding steroid dienone is 2. The Morgan fingerprint density at radius 3 is 2.38 bits per heavy atom. The fraction of sp³-hybridized carbons (Fsp3) is 0.105. The lowest BCUT2D eigenvalue weighted by atomic mass is 9.95. The van der Waals surface area contributed by atoms with E-state index in [1.807, 2.05) is 6.07 Å². The third kappa shape index (κ3) is 4.69. The number of anilines is 1. The molecule has 29 heavy (non-hydrogen) atoms. The van der Waals surface area contributed by atoms with Gasteiger partial charge in [0.25, 0.3) is 5.69 Å². The number of non-ortho nitro benzene ring substituents is 1. The molecule has 0 unspecified atom stereocenters. The van der Waals surface area contributed by atoms with Crippen LogP contribution in [0.5, 0.6) is 0 Å². The molecule has 10 nitrogen and oxygen atoms in total. The zero-order valence-electron chi connectivity index (χ0n) is 14.9. The van der Waals surface area contributed by atoms with Crippen LogP contribution < -0.4 is 5.43 Å². The highest BCUT2D eigenvalue weighted by molar-refractivity contribution is 6.14. The summed E-state index contributed by atoms with van der Waals surface area (Å²) in [4.78, 5) is 20.7. The van der Waals surface area contributed by atoms with Crippen molar-refractivity contribution >= 4 is 22.8 Å². The molecule has 148 valence electrons. The number of nitrogens with zero attached hydrogens (tertiary/aromatic N) is 3. The van der Waals surface area contributed by atoms with E-state index in [1.165, 1.54) is 18.2 Å². The molecule has 3 N–H and O–H groups in total. The molecule has 0 atom stereocenters. The lowest BCUT2D eigenvalue weighted by Gasteiger charge is -2.20. The van der Waals surface area contributed by atoms with Crippen LogP contribution in [0.1, 0.15) is 12.0 Å². The van der Waals surface area contributed by atoms with Crippen molar-refractivity contribution in [3.63, 3.8) is 0 Å². The second-order valence-electron chi connectivity index (χ2n) is 6.23. The van der Waals surface area contributed by atoms with Crippen molar-refractivity contribution in [3.8, 4) is 0 Å². The largest absolute Gasteiger partial charge is 0.362 e. The molecule has 0 fully saturated rings. The number of nitro benzene ring substituents is 2. The number of hydrazone groups is 1. The van der Waals surface area contributed by atoms with Crippen LogP contribution in [0.15, 0.2) is 77.4 Å². The molecule has 0 saturated heterocycles. The van der Waals surface area contributed by atoms with Crippen molar-refractivity contribution in [3.05, 3.63) is 98.1 Å². The molecule has 0 bridgehead atoms. The number of rotatable bonds is 6. The maximum absolute atomic E-state index is 11.3. The van der Waals surface area contributed by atoms with Gasteiger partial charge in [-0.3, -0.25) is 25.7 Å². The predicted octanol–water partition coefficient (Wildman–Crippen LogP) is 2.89. The predicted molar refractivity (Wildman–Crippen MR) is 105 cm³/mol. The summed E-state index contributed by atoms with van der Waals surface area (Å²) in [6, 6.07) is 12.1. The van der Waals surface area contributed by atoms with Crippen LogP contribution in [0.2, 0.25) is 0 Å². The minimum Gasteiger partial charge on any atom is -0.362 e. The number of benzene rings is 2. The molecule has 0 saturated carbocycles. The summed E-state index contributed by atoms with van der Waals surface area (Å²) < 4.78 is 0. The Hall–Kier alpha value is -3.89. The first kappa shape index (κ1) is 19.9. The monoisotopic (exact) mass is 396 g/mol. The van der Waals surface area contributed by atoms with E-state index < -0.39 is 27.0 Å². The van der Waals surface area contributed by atoms with Gasteiger partial charge in [-0.25, -0.2) is 0 Å². The van der Waals surface area contributed by atoms with Crippen LogP contribution in [0.25, 0.3) is 0 Å². The van der Waals surface area contributed by atoms with Gasteiger partial charge >= 0.3 is 5.69 Å². The summed E-state index contributed by atoms with van der Waals surface area (Å²) in [5.41, 5.74) is 3.35. The summed E-state index contributed by atoms with van der Waals surface area (Å²) in [6.45, 7) is 0. The molecular formula is C19H16N4O6. The molecule has 2 aromatic carbocycles. The third-order valence-electron chi connectivity index (χ3n) is 4.15. The Kier molecular flexibility index (Phi) is 5.48. The van der Waals surface area contributed by atoms with Crippen molar-refractivity contribution in [2.24, 2.45) is 5.10 Å².